The van der Waals surface area contributed by atoms with Gasteiger partial charge in [0.2, 0.25) is 5.91 Å². The summed E-state index contributed by atoms with van der Waals surface area (Å²) in [4.78, 5) is 13.2. The molecule has 7 atom stereocenters. The molecule has 1 amide bonds. The molecule has 9 heteroatoms. The number of ether oxygens (including phenoxy) is 2. The first-order chi connectivity index (χ1) is 41.3. The number of unbranched alkanes of at least 4 members (excludes halogenated alkanes) is 59. The molecule has 1 saturated heterocycles. The maximum atomic E-state index is 13.2. The van der Waals surface area contributed by atoms with Crippen LogP contribution in [0.3, 0.4) is 0 Å². The number of rotatable bonds is 69. The predicted octanol–water partition coefficient (Wildman–Crippen LogP) is 21.3. The molecule has 84 heavy (non-hydrogen) atoms. The van der Waals surface area contributed by atoms with Crippen LogP contribution in [0.1, 0.15) is 418 Å². The summed E-state index contributed by atoms with van der Waals surface area (Å²) in [5.74, 6) is -0.133. The highest BCUT2D eigenvalue weighted by molar-refractivity contribution is 5.76. The number of aliphatic hydroxyl groups excluding tert-OH is 5. The molecule has 6 N–H and O–H groups in total. The van der Waals surface area contributed by atoms with Crippen molar-refractivity contribution in [1.29, 1.82) is 0 Å². The molecule has 0 aromatic rings. The average Bonchev–Trinajstić information content (AvgIpc) is 3.70. The molecule has 0 spiro atoms. The van der Waals surface area contributed by atoms with Crippen LogP contribution in [0.2, 0.25) is 0 Å². The maximum absolute atomic E-state index is 13.2. The topological polar surface area (TPSA) is 149 Å². The zero-order valence-electron chi connectivity index (χ0n) is 56.5. The van der Waals surface area contributed by atoms with Gasteiger partial charge in [-0.1, -0.05) is 399 Å². The van der Waals surface area contributed by atoms with Crippen molar-refractivity contribution in [3.05, 3.63) is 0 Å². The monoisotopic (exact) mass is 1190 g/mol. The second kappa shape index (κ2) is 65.2. The molecule has 502 valence electrons. The highest BCUT2D eigenvalue weighted by Crippen LogP contribution is 2.24. The van der Waals surface area contributed by atoms with E-state index in [9.17, 15) is 30.3 Å². The SMILES string of the molecule is CCCCCCCCCCCCCCCCCCCCCCCCCCCCCCCCCCCCCCCCCCCC(=O)NC(COC1OC(CO)C(O)C(O)C1O)C(O)CCCCCCCCCCCCCCCCCCCCCC. The largest absolute Gasteiger partial charge is 0.394 e. The van der Waals surface area contributed by atoms with E-state index < -0.39 is 49.5 Å². The third-order valence-electron chi connectivity index (χ3n) is 19.0. The molecule has 1 aliphatic rings. The van der Waals surface area contributed by atoms with E-state index in [1.807, 2.05) is 0 Å². The van der Waals surface area contributed by atoms with Crippen LogP contribution in [0, 0.1) is 0 Å². The van der Waals surface area contributed by atoms with Gasteiger partial charge in [-0.15, -0.1) is 0 Å². The number of aliphatic hydroxyl groups is 5. The Morgan fingerprint density at radius 2 is 0.595 bits per heavy atom. The lowest BCUT2D eigenvalue weighted by atomic mass is 9.99. The zero-order valence-corrected chi connectivity index (χ0v) is 56.5. The first kappa shape index (κ1) is 81.2. The van der Waals surface area contributed by atoms with Crippen molar-refractivity contribution in [3.63, 3.8) is 0 Å². The molecule has 7 unspecified atom stereocenters. The summed E-state index contributed by atoms with van der Waals surface area (Å²) in [5.41, 5.74) is 0. The van der Waals surface area contributed by atoms with Crippen LogP contribution >= 0.6 is 0 Å². The van der Waals surface area contributed by atoms with Crippen molar-refractivity contribution in [3.8, 4) is 0 Å². The number of hydrogen-bond acceptors (Lipinski definition) is 8. The van der Waals surface area contributed by atoms with Crippen molar-refractivity contribution in [2.45, 2.75) is 461 Å². The van der Waals surface area contributed by atoms with Gasteiger partial charge >= 0.3 is 0 Å². The first-order valence-electron chi connectivity index (χ1n) is 38.2. The molecule has 0 bridgehead atoms. The number of carbonyl (C=O) groups excluding carboxylic acids is 1. The van der Waals surface area contributed by atoms with Gasteiger partial charge < -0.3 is 40.3 Å². The summed E-state index contributed by atoms with van der Waals surface area (Å²) < 4.78 is 11.4. The zero-order chi connectivity index (χ0) is 60.7. The first-order valence-corrected chi connectivity index (χ1v) is 38.2. The van der Waals surface area contributed by atoms with Crippen LogP contribution in [-0.2, 0) is 14.3 Å². The van der Waals surface area contributed by atoms with Crippen molar-refractivity contribution < 1.29 is 39.8 Å². The minimum atomic E-state index is -1.55. The van der Waals surface area contributed by atoms with Gasteiger partial charge in [0.1, 0.15) is 24.4 Å². The molecule has 1 heterocycles. The van der Waals surface area contributed by atoms with Crippen LogP contribution in [-0.4, -0.2) is 87.5 Å². The highest BCUT2D eigenvalue weighted by Gasteiger charge is 2.44. The molecular formula is C75H149NO8. The summed E-state index contributed by atoms with van der Waals surface area (Å²) >= 11 is 0. The van der Waals surface area contributed by atoms with Crippen molar-refractivity contribution in [2.75, 3.05) is 13.2 Å². The highest BCUT2D eigenvalue weighted by atomic mass is 16.7. The Bertz CT molecular complexity index is 1290. The van der Waals surface area contributed by atoms with Crippen molar-refractivity contribution in [1.82, 2.24) is 5.32 Å². The Morgan fingerprint density at radius 1 is 0.357 bits per heavy atom. The number of carbonyl (C=O) groups is 1. The second-order valence-corrected chi connectivity index (χ2v) is 27.2. The normalized spacial score (nSPS) is 18.0. The maximum Gasteiger partial charge on any atom is 0.220 e. The van der Waals surface area contributed by atoms with Crippen LogP contribution in [0.5, 0.6) is 0 Å². The number of nitrogens with one attached hydrogen (secondary N) is 1. The van der Waals surface area contributed by atoms with Gasteiger partial charge in [0.25, 0.3) is 0 Å². The fourth-order valence-corrected chi connectivity index (χ4v) is 13.0. The molecule has 0 aromatic carbocycles. The van der Waals surface area contributed by atoms with Gasteiger partial charge in [-0.25, -0.2) is 0 Å². The van der Waals surface area contributed by atoms with Gasteiger partial charge in [-0.3, -0.25) is 4.79 Å². The Morgan fingerprint density at radius 3 is 0.845 bits per heavy atom. The number of hydrogen-bond donors (Lipinski definition) is 6. The van der Waals surface area contributed by atoms with E-state index in [0.717, 1.165) is 38.5 Å². The minimum Gasteiger partial charge on any atom is -0.394 e. The van der Waals surface area contributed by atoms with E-state index in [1.54, 1.807) is 0 Å². The molecule has 9 nitrogen and oxygen atoms in total. The van der Waals surface area contributed by atoms with E-state index in [4.69, 9.17) is 9.47 Å². The van der Waals surface area contributed by atoms with Crippen molar-refractivity contribution in [2.24, 2.45) is 0 Å². The summed E-state index contributed by atoms with van der Waals surface area (Å²) in [6.07, 6.45) is 76.5. The van der Waals surface area contributed by atoms with Gasteiger partial charge in [0.05, 0.1) is 25.4 Å². The standard InChI is InChI=1S/C75H149NO8/c1-3-5-7-9-11-13-15-17-19-21-23-25-26-27-28-29-30-31-32-33-34-35-36-37-38-39-40-41-42-43-44-45-47-49-51-53-55-57-59-61-63-65-71(79)76-68(67-83-75-74(82)73(81)72(80)70(66-77)84-75)69(78)64-62-60-58-56-54-52-50-48-46-24-22-20-18-16-14-12-10-8-6-4-2/h68-70,72-75,77-78,80-82H,3-67H2,1-2H3,(H,76,79). The Hall–Kier alpha value is -0.810. The van der Waals surface area contributed by atoms with E-state index in [-0.39, 0.29) is 12.5 Å². The van der Waals surface area contributed by atoms with Crippen LogP contribution < -0.4 is 5.32 Å². The minimum absolute atomic E-state index is 0.130. The lowest BCUT2D eigenvalue weighted by Crippen LogP contribution is -2.60. The lowest BCUT2D eigenvalue weighted by molar-refractivity contribution is -0.302. The van der Waals surface area contributed by atoms with Crippen LogP contribution in [0.25, 0.3) is 0 Å². The lowest BCUT2D eigenvalue weighted by Gasteiger charge is -2.40. The van der Waals surface area contributed by atoms with E-state index >= 15 is 0 Å². The van der Waals surface area contributed by atoms with Gasteiger partial charge in [-0.2, -0.15) is 0 Å². The third-order valence-corrected chi connectivity index (χ3v) is 19.0. The molecule has 1 aliphatic heterocycles. The van der Waals surface area contributed by atoms with E-state index in [0.29, 0.717) is 12.8 Å². The molecule has 0 aliphatic carbocycles. The Kier molecular flexibility index (Phi) is 63.0. The fraction of sp³-hybridized carbons (Fsp3) is 0.987. The van der Waals surface area contributed by atoms with E-state index in [2.05, 4.69) is 19.2 Å². The quantitative estimate of drug-likeness (QED) is 0.0330. The molecule has 0 aromatic heterocycles. The van der Waals surface area contributed by atoms with Crippen molar-refractivity contribution >= 4 is 5.91 Å². The number of amides is 1. The smallest absolute Gasteiger partial charge is 0.220 e. The van der Waals surface area contributed by atoms with Crippen LogP contribution in [0.15, 0.2) is 0 Å². The van der Waals surface area contributed by atoms with Gasteiger partial charge in [0.15, 0.2) is 6.29 Å². The second-order valence-electron chi connectivity index (χ2n) is 27.2. The third kappa shape index (κ3) is 53.1. The Balaban J connectivity index is 2.00. The molecule has 0 radical (unpaired) electrons. The molecule has 1 rings (SSSR count). The summed E-state index contributed by atoms with van der Waals surface area (Å²) in [6, 6.07) is -0.715. The molecular weight excluding hydrogens is 1040 g/mol. The van der Waals surface area contributed by atoms with Crippen LogP contribution in [0.4, 0.5) is 0 Å². The van der Waals surface area contributed by atoms with Gasteiger partial charge in [0, 0.05) is 6.42 Å². The van der Waals surface area contributed by atoms with Gasteiger partial charge in [-0.05, 0) is 12.8 Å². The van der Waals surface area contributed by atoms with E-state index in [1.165, 1.54) is 353 Å². The molecule has 0 saturated carbocycles. The molecule has 1 fully saturated rings. The summed E-state index contributed by atoms with van der Waals surface area (Å²) in [7, 11) is 0. The summed E-state index contributed by atoms with van der Waals surface area (Å²) in [5, 5.41) is 54.9. The fourth-order valence-electron chi connectivity index (χ4n) is 13.0. The predicted molar refractivity (Wildman–Crippen MR) is 360 cm³/mol. The Labute approximate surface area is 523 Å². The average molecular weight is 1190 g/mol. The summed E-state index contributed by atoms with van der Waals surface area (Å²) in [6.45, 7) is 3.91.